The summed E-state index contributed by atoms with van der Waals surface area (Å²) in [6, 6.07) is 15.3. The number of aromatic nitrogens is 1. The zero-order chi connectivity index (χ0) is 10.9. The molecular formula is C13H15NO. The van der Waals surface area contributed by atoms with Gasteiger partial charge in [-0.1, -0.05) is 36.4 Å². The minimum absolute atomic E-state index is 0.341. The number of hydrogen-bond acceptors (Lipinski definition) is 2. The van der Waals surface area contributed by atoms with E-state index >= 15 is 0 Å². The Morgan fingerprint density at radius 2 is 1.47 bits per heavy atom. The third-order valence-corrected chi connectivity index (χ3v) is 1.85. The van der Waals surface area contributed by atoms with Gasteiger partial charge < -0.3 is 5.11 Å². The normalized spacial score (nSPS) is 11.1. The number of rotatable bonds is 1. The van der Waals surface area contributed by atoms with Crippen molar-refractivity contribution in [3.05, 3.63) is 66.5 Å². The van der Waals surface area contributed by atoms with Crippen molar-refractivity contribution in [3.63, 3.8) is 0 Å². The van der Waals surface area contributed by atoms with Crippen molar-refractivity contribution in [1.29, 1.82) is 0 Å². The molecule has 0 saturated carbocycles. The summed E-state index contributed by atoms with van der Waals surface area (Å²) >= 11 is 0. The van der Waals surface area contributed by atoms with Gasteiger partial charge in [0.15, 0.2) is 0 Å². The fourth-order valence-corrected chi connectivity index (χ4v) is 1.04. The summed E-state index contributed by atoms with van der Waals surface area (Å²) in [5.41, 5.74) is 0.970. The third kappa shape index (κ3) is 4.93. The molecule has 0 saturated heterocycles. The van der Waals surface area contributed by atoms with Crippen LogP contribution in [-0.4, -0.2) is 10.1 Å². The number of aliphatic hydroxyl groups is 1. The summed E-state index contributed by atoms with van der Waals surface area (Å²) in [5.74, 6) is 0. The lowest BCUT2D eigenvalue weighted by Crippen LogP contribution is -1.87. The van der Waals surface area contributed by atoms with Crippen LogP contribution in [0.1, 0.15) is 18.6 Å². The van der Waals surface area contributed by atoms with Crippen LogP contribution in [0.25, 0.3) is 0 Å². The van der Waals surface area contributed by atoms with Crippen LogP contribution in [0.3, 0.4) is 0 Å². The number of aliphatic hydroxyl groups excluding tert-OH is 1. The zero-order valence-electron chi connectivity index (χ0n) is 8.75. The second kappa shape index (κ2) is 6.74. The highest BCUT2D eigenvalue weighted by Crippen LogP contribution is 2.09. The van der Waals surface area contributed by atoms with E-state index in [-0.39, 0.29) is 6.10 Å². The van der Waals surface area contributed by atoms with E-state index in [2.05, 4.69) is 4.98 Å². The lowest BCUT2D eigenvalue weighted by molar-refractivity contribution is 0.199. The molecule has 2 rings (SSSR count). The summed E-state index contributed by atoms with van der Waals surface area (Å²) in [6.07, 6.45) is 3.16. The van der Waals surface area contributed by atoms with Gasteiger partial charge in [0.05, 0.1) is 6.10 Å². The summed E-state index contributed by atoms with van der Waals surface area (Å²) < 4.78 is 0. The molecular weight excluding hydrogens is 186 g/mol. The van der Waals surface area contributed by atoms with Crippen molar-refractivity contribution in [2.75, 3.05) is 0 Å². The number of pyridine rings is 1. The highest BCUT2D eigenvalue weighted by Gasteiger charge is 1.95. The fraction of sp³-hybridized carbons (Fsp3) is 0.154. The molecule has 1 aromatic heterocycles. The first-order valence-electron chi connectivity index (χ1n) is 4.88. The Balaban J connectivity index is 0.000000162. The molecule has 0 aliphatic rings. The summed E-state index contributed by atoms with van der Waals surface area (Å²) in [5, 5.41) is 9.02. The Morgan fingerprint density at radius 1 is 0.933 bits per heavy atom. The highest BCUT2D eigenvalue weighted by atomic mass is 16.3. The van der Waals surface area contributed by atoms with Crippen LogP contribution in [-0.2, 0) is 0 Å². The standard InChI is InChI=1S/C8H10O.C5H5N/c1-7(9)8-5-3-2-4-6-8;1-2-4-6-5-3-1/h2-7,9H,1H3;1-5H. The van der Waals surface area contributed by atoms with Gasteiger partial charge in [-0.2, -0.15) is 0 Å². The van der Waals surface area contributed by atoms with Crippen LogP contribution in [0.5, 0.6) is 0 Å². The molecule has 1 unspecified atom stereocenters. The van der Waals surface area contributed by atoms with Crippen molar-refractivity contribution in [1.82, 2.24) is 4.98 Å². The summed E-state index contributed by atoms with van der Waals surface area (Å²) in [4.78, 5) is 3.78. The van der Waals surface area contributed by atoms with Crippen LogP contribution in [0.2, 0.25) is 0 Å². The van der Waals surface area contributed by atoms with Crippen molar-refractivity contribution in [2.45, 2.75) is 13.0 Å². The third-order valence-electron chi connectivity index (χ3n) is 1.85. The van der Waals surface area contributed by atoms with Gasteiger partial charge in [0.2, 0.25) is 0 Å². The zero-order valence-corrected chi connectivity index (χ0v) is 8.75. The van der Waals surface area contributed by atoms with Gasteiger partial charge in [-0.25, -0.2) is 0 Å². The SMILES string of the molecule is CC(O)c1ccccc1.c1ccncc1. The average Bonchev–Trinajstić information content (AvgIpc) is 2.33. The van der Waals surface area contributed by atoms with Crippen LogP contribution in [0.15, 0.2) is 60.9 Å². The first kappa shape index (κ1) is 11.4. The minimum atomic E-state index is -0.341. The van der Waals surface area contributed by atoms with E-state index in [0.29, 0.717) is 0 Å². The minimum Gasteiger partial charge on any atom is -0.389 e. The van der Waals surface area contributed by atoms with Gasteiger partial charge in [0.1, 0.15) is 0 Å². The van der Waals surface area contributed by atoms with E-state index in [1.54, 1.807) is 19.3 Å². The van der Waals surface area contributed by atoms with Crippen molar-refractivity contribution in [3.8, 4) is 0 Å². The van der Waals surface area contributed by atoms with Crippen molar-refractivity contribution in [2.24, 2.45) is 0 Å². The molecule has 2 heteroatoms. The smallest absolute Gasteiger partial charge is 0.0761 e. The molecule has 0 fully saturated rings. The molecule has 0 spiro atoms. The number of benzene rings is 1. The predicted octanol–water partition coefficient (Wildman–Crippen LogP) is 2.82. The molecule has 0 aliphatic carbocycles. The molecule has 1 N–H and O–H groups in total. The molecule has 15 heavy (non-hydrogen) atoms. The fourth-order valence-electron chi connectivity index (χ4n) is 1.04. The van der Waals surface area contributed by atoms with Gasteiger partial charge in [-0.05, 0) is 24.6 Å². The average molecular weight is 201 g/mol. The molecule has 78 valence electrons. The van der Waals surface area contributed by atoms with Gasteiger partial charge >= 0.3 is 0 Å². The van der Waals surface area contributed by atoms with Crippen LogP contribution in [0, 0.1) is 0 Å². The topological polar surface area (TPSA) is 33.1 Å². The number of hydrogen-bond donors (Lipinski definition) is 1. The molecule has 2 nitrogen and oxygen atoms in total. The second-order valence-electron chi connectivity index (χ2n) is 3.11. The Kier molecular flexibility index (Phi) is 5.12. The van der Waals surface area contributed by atoms with Gasteiger partial charge in [0.25, 0.3) is 0 Å². The largest absolute Gasteiger partial charge is 0.389 e. The van der Waals surface area contributed by atoms with Gasteiger partial charge in [0, 0.05) is 12.4 Å². The maximum atomic E-state index is 9.02. The Bertz CT molecular complexity index is 319. The van der Waals surface area contributed by atoms with Crippen LogP contribution < -0.4 is 0 Å². The van der Waals surface area contributed by atoms with Crippen LogP contribution >= 0.6 is 0 Å². The lowest BCUT2D eigenvalue weighted by atomic mass is 10.1. The van der Waals surface area contributed by atoms with E-state index in [4.69, 9.17) is 5.11 Å². The first-order valence-corrected chi connectivity index (χ1v) is 4.88. The molecule has 0 amide bonds. The maximum absolute atomic E-state index is 9.02. The number of nitrogens with zero attached hydrogens (tertiary/aromatic N) is 1. The maximum Gasteiger partial charge on any atom is 0.0761 e. The molecule has 1 aromatic carbocycles. The van der Waals surface area contributed by atoms with Gasteiger partial charge in [-0.3, -0.25) is 4.98 Å². The molecule has 2 aromatic rings. The highest BCUT2D eigenvalue weighted by molar-refractivity contribution is 5.16. The Morgan fingerprint density at radius 3 is 1.73 bits per heavy atom. The van der Waals surface area contributed by atoms with E-state index in [9.17, 15) is 0 Å². The van der Waals surface area contributed by atoms with Crippen molar-refractivity contribution < 1.29 is 5.11 Å². The lowest BCUT2D eigenvalue weighted by Gasteiger charge is -2.00. The molecule has 1 heterocycles. The molecule has 0 radical (unpaired) electrons. The Labute approximate surface area is 90.2 Å². The summed E-state index contributed by atoms with van der Waals surface area (Å²) in [7, 11) is 0. The quantitative estimate of drug-likeness (QED) is 0.769. The van der Waals surface area contributed by atoms with E-state index < -0.39 is 0 Å². The molecule has 0 aliphatic heterocycles. The molecule has 1 atom stereocenters. The van der Waals surface area contributed by atoms with Crippen LogP contribution in [0.4, 0.5) is 0 Å². The Hall–Kier alpha value is -1.67. The summed E-state index contributed by atoms with van der Waals surface area (Å²) in [6.45, 7) is 1.76. The molecule has 0 bridgehead atoms. The van der Waals surface area contributed by atoms with E-state index in [1.807, 2.05) is 48.5 Å². The first-order chi connectivity index (χ1) is 7.30. The van der Waals surface area contributed by atoms with E-state index in [1.165, 1.54) is 0 Å². The van der Waals surface area contributed by atoms with E-state index in [0.717, 1.165) is 5.56 Å². The van der Waals surface area contributed by atoms with Crippen molar-refractivity contribution >= 4 is 0 Å². The second-order valence-corrected chi connectivity index (χ2v) is 3.11. The monoisotopic (exact) mass is 201 g/mol. The van der Waals surface area contributed by atoms with Gasteiger partial charge in [-0.15, -0.1) is 0 Å². The predicted molar refractivity (Wildman–Crippen MR) is 61.3 cm³/mol.